The molecule has 1 aliphatic heterocycles. The molecule has 42 heavy (non-hydrogen) atoms. The zero-order valence-electron chi connectivity index (χ0n) is 24.8. The number of unbranched alkanes of at least 4 members (excludes halogenated alkanes) is 1. The maximum atomic E-state index is 13.0. The van der Waals surface area contributed by atoms with Gasteiger partial charge in [-0.15, -0.1) is 0 Å². The topological polar surface area (TPSA) is 77.5 Å². The van der Waals surface area contributed by atoms with Gasteiger partial charge in [-0.2, -0.15) is 0 Å². The number of nitrogens with zero attached hydrogens (tertiary/aromatic N) is 1. The van der Waals surface area contributed by atoms with Crippen molar-refractivity contribution in [2.75, 3.05) is 19.8 Å². The van der Waals surface area contributed by atoms with Crippen molar-refractivity contribution in [1.82, 2.24) is 4.90 Å². The highest BCUT2D eigenvalue weighted by molar-refractivity contribution is 5.70. The normalized spacial score (nSPS) is 22.6. The van der Waals surface area contributed by atoms with Crippen LogP contribution in [0.4, 0.5) is 0 Å². The van der Waals surface area contributed by atoms with Crippen molar-refractivity contribution >= 4 is 5.97 Å². The first-order chi connectivity index (χ1) is 20.6. The van der Waals surface area contributed by atoms with Gasteiger partial charge in [-0.1, -0.05) is 104 Å². The van der Waals surface area contributed by atoms with E-state index in [4.69, 9.17) is 18.9 Å². The first-order valence-corrected chi connectivity index (χ1v) is 15.1. The number of aliphatic hydroxyl groups excluding tert-OH is 1. The second-order valence-corrected chi connectivity index (χ2v) is 10.7. The second-order valence-electron chi connectivity index (χ2n) is 10.7. The predicted molar refractivity (Wildman–Crippen MR) is 163 cm³/mol. The quantitative estimate of drug-likeness (QED) is 0.225. The van der Waals surface area contributed by atoms with Crippen LogP contribution in [0.2, 0.25) is 0 Å². The smallest absolute Gasteiger partial charge is 0.307 e. The van der Waals surface area contributed by atoms with Gasteiger partial charge in [0.15, 0.2) is 0 Å². The molecule has 1 heterocycles. The molecule has 7 nitrogen and oxygen atoms in total. The van der Waals surface area contributed by atoms with Gasteiger partial charge in [-0.3, -0.25) is 9.69 Å². The first-order valence-electron chi connectivity index (χ1n) is 15.1. The fourth-order valence-electron chi connectivity index (χ4n) is 5.65. The Morgan fingerprint density at radius 2 is 1.14 bits per heavy atom. The van der Waals surface area contributed by atoms with Gasteiger partial charge in [0.05, 0.1) is 45.5 Å². The van der Waals surface area contributed by atoms with Gasteiger partial charge in [0.25, 0.3) is 0 Å². The van der Waals surface area contributed by atoms with E-state index in [-0.39, 0.29) is 25.0 Å². The highest BCUT2D eigenvalue weighted by Gasteiger charge is 2.51. The lowest BCUT2D eigenvalue weighted by molar-refractivity contribution is -0.229. The van der Waals surface area contributed by atoms with Gasteiger partial charge in [-0.05, 0) is 36.6 Å². The number of benzene rings is 3. The largest absolute Gasteiger partial charge is 0.466 e. The molecule has 5 atom stereocenters. The minimum Gasteiger partial charge on any atom is -0.466 e. The molecule has 1 saturated heterocycles. The number of ether oxygens (including phenoxy) is 4. The summed E-state index contributed by atoms with van der Waals surface area (Å²) in [5.41, 5.74) is 3.09. The molecule has 4 rings (SSSR count). The standard InChI is InChI=1S/C35H45NO6/c1-3-5-21-36-30(22-32(38)39-4-2)33(40-24-27-15-9-6-10-16-27)35(42-26-29-19-13-8-14-20-29)34(31(36)23-37)41-25-28-17-11-7-12-18-28/h6-20,30-31,33-35,37H,3-5,21-26H2,1-2H3/t30-,31-,33+,34-,35-/m1/s1. The fourth-order valence-corrected chi connectivity index (χ4v) is 5.65. The summed E-state index contributed by atoms with van der Waals surface area (Å²) in [6.07, 6.45) is 0.437. The summed E-state index contributed by atoms with van der Waals surface area (Å²) in [6.45, 7) is 5.86. The Bertz CT molecular complexity index is 1160. The van der Waals surface area contributed by atoms with Gasteiger partial charge in [0.1, 0.15) is 18.3 Å². The van der Waals surface area contributed by atoms with Gasteiger partial charge in [0.2, 0.25) is 0 Å². The average Bonchev–Trinajstić information content (AvgIpc) is 3.03. The molecule has 7 heteroatoms. The van der Waals surface area contributed by atoms with Gasteiger partial charge < -0.3 is 24.1 Å². The Morgan fingerprint density at radius 1 is 0.690 bits per heavy atom. The van der Waals surface area contributed by atoms with Crippen LogP contribution in [0.3, 0.4) is 0 Å². The summed E-state index contributed by atoms with van der Waals surface area (Å²) >= 11 is 0. The van der Waals surface area contributed by atoms with Crippen LogP contribution in [0, 0.1) is 0 Å². The zero-order valence-corrected chi connectivity index (χ0v) is 24.8. The molecule has 0 unspecified atom stereocenters. The van der Waals surface area contributed by atoms with Crippen LogP contribution < -0.4 is 0 Å². The Hall–Kier alpha value is -3.07. The van der Waals surface area contributed by atoms with Gasteiger partial charge >= 0.3 is 5.97 Å². The van der Waals surface area contributed by atoms with Crippen LogP contribution >= 0.6 is 0 Å². The van der Waals surface area contributed by atoms with Crippen LogP contribution in [0.1, 0.15) is 49.8 Å². The summed E-state index contributed by atoms with van der Waals surface area (Å²) in [6, 6.07) is 29.2. The van der Waals surface area contributed by atoms with E-state index in [1.165, 1.54) is 0 Å². The van der Waals surface area contributed by atoms with Crippen molar-refractivity contribution in [3.63, 3.8) is 0 Å². The van der Waals surface area contributed by atoms with Crippen molar-refractivity contribution in [1.29, 1.82) is 0 Å². The van der Waals surface area contributed by atoms with Crippen LogP contribution in [0.15, 0.2) is 91.0 Å². The molecule has 1 N–H and O–H groups in total. The fraction of sp³-hybridized carbons (Fsp3) is 0.457. The summed E-state index contributed by atoms with van der Waals surface area (Å²) < 4.78 is 25.5. The van der Waals surface area contributed by atoms with E-state index >= 15 is 0 Å². The molecular formula is C35H45NO6. The highest BCUT2D eigenvalue weighted by Crippen LogP contribution is 2.34. The number of piperidine rings is 1. The van der Waals surface area contributed by atoms with Crippen LogP contribution in [-0.2, 0) is 43.6 Å². The van der Waals surface area contributed by atoms with Gasteiger partial charge in [-0.25, -0.2) is 0 Å². The van der Waals surface area contributed by atoms with Crippen molar-refractivity contribution in [2.24, 2.45) is 0 Å². The van der Waals surface area contributed by atoms with E-state index < -0.39 is 24.4 Å². The Morgan fingerprint density at radius 3 is 1.57 bits per heavy atom. The molecular weight excluding hydrogens is 530 g/mol. The molecule has 3 aromatic carbocycles. The number of rotatable bonds is 16. The molecule has 3 aromatic rings. The van der Waals surface area contributed by atoms with Crippen molar-refractivity contribution in [2.45, 2.75) is 83.3 Å². The highest BCUT2D eigenvalue weighted by atomic mass is 16.6. The minimum atomic E-state index is -0.549. The lowest BCUT2D eigenvalue weighted by atomic mass is 9.85. The maximum absolute atomic E-state index is 13.0. The average molecular weight is 576 g/mol. The number of carbonyl (C=O) groups is 1. The number of carbonyl (C=O) groups excluding carboxylic acids is 1. The summed E-state index contributed by atoms with van der Waals surface area (Å²) in [5.74, 6) is -0.292. The Labute approximate surface area is 250 Å². The van der Waals surface area contributed by atoms with E-state index in [0.717, 1.165) is 29.5 Å². The predicted octanol–water partition coefficient (Wildman–Crippen LogP) is 5.54. The van der Waals surface area contributed by atoms with Crippen LogP contribution in [-0.4, -0.2) is 66.1 Å². The molecule has 0 bridgehead atoms. The summed E-state index contributed by atoms with van der Waals surface area (Å²) in [5, 5.41) is 10.8. The molecule has 0 spiro atoms. The molecule has 0 saturated carbocycles. The van der Waals surface area contributed by atoms with Gasteiger partial charge in [0, 0.05) is 6.04 Å². The maximum Gasteiger partial charge on any atom is 0.307 e. The van der Waals surface area contributed by atoms with Crippen molar-refractivity contribution in [3.05, 3.63) is 108 Å². The minimum absolute atomic E-state index is 0.129. The zero-order chi connectivity index (χ0) is 29.6. The Kier molecular flexibility index (Phi) is 13.0. The van der Waals surface area contributed by atoms with Crippen LogP contribution in [0.25, 0.3) is 0 Å². The van der Waals surface area contributed by atoms with E-state index in [9.17, 15) is 9.90 Å². The number of esters is 1. The SMILES string of the molecule is CCCCN1[C@H](CC(=O)OCC)[C@H](OCc2ccccc2)[C@@H](OCc2ccccc2)[C@H](OCc2ccccc2)[C@H]1CO. The number of likely N-dealkylation sites (tertiary alicyclic amines) is 1. The monoisotopic (exact) mass is 575 g/mol. The third kappa shape index (κ3) is 8.96. The van der Waals surface area contributed by atoms with E-state index in [1.54, 1.807) is 0 Å². The number of aliphatic hydroxyl groups is 1. The lowest BCUT2D eigenvalue weighted by Crippen LogP contribution is -2.69. The van der Waals surface area contributed by atoms with Crippen molar-refractivity contribution in [3.8, 4) is 0 Å². The molecule has 0 aliphatic carbocycles. The molecule has 0 aromatic heterocycles. The lowest BCUT2D eigenvalue weighted by Gasteiger charge is -2.52. The summed E-state index contributed by atoms with van der Waals surface area (Å²) in [4.78, 5) is 15.2. The van der Waals surface area contributed by atoms with Crippen LogP contribution in [0.5, 0.6) is 0 Å². The number of hydrogen-bond donors (Lipinski definition) is 1. The first kappa shape index (κ1) is 31.9. The molecule has 226 valence electrons. The number of hydrogen-bond acceptors (Lipinski definition) is 7. The van der Waals surface area contributed by atoms with E-state index in [2.05, 4.69) is 11.8 Å². The molecule has 1 fully saturated rings. The third-order valence-corrected chi connectivity index (χ3v) is 7.75. The summed E-state index contributed by atoms with van der Waals surface area (Å²) in [7, 11) is 0. The van der Waals surface area contributed by atoms with E-state index in [0.29, 0.717) is 33.0 Å². The molecule has 0 radical (unpaired) electrons. The second kappa shape index (κ2) is 17.1. The Balaban J connectivity index is 1.72. The molecule has 1 aliphatic rings. The third-order valence-electron chi connectivity index (χ3n) is 7.75. The molecule has 0 amide bonds. The van der Waals surface area contributed by atoms with Crippen molar-refractivity contribution < 1.29 is 28.8 Å². The van der Waals surface area contributed by atoms with E-state index in [1.807, 2.05) is 97.9 Å².